The number of aromatic amines is 1. The Hall–Kier alpha value is -2.72. The van der Waals surface area contributed by atoms with Gasteiger partial charge in [-0.25, -0.2) is 0 Å². The molecule has 1 heterocycles. The molecule has 6 N–H and O–H groups in total. The number of fused-ring (bicyclic) bond motifs is 1. The predicted molar refractivity (Wildman–Crippen MR) is 166 cm³/mol. The van der Waals surface area contributed by atoms with Crippen molar-refractivity contribution < 1.29 is 9.90 Å². The van der Waals surface area contributed by atoms with Crippen LogP contribution in [0.15, 0.2) is 41.2 Å². The van der Waals surface area contributed by atoms with E-state index in [2.05, 4.69) is 72.5 Å². The van der Waals surface area contributed by atoms with Crippen molar-refractivity contribution in [3.8, 4) is 5.75 Å². The van der Waals surface area contributed by atoms with Gasteiger partial charge in [-0.15, -0.1) is 0 Å². The Morgan fingerprint density at radius 1 is 0.950 bits per heavy atom. The highest BCUT2D eigenvalue weighted by molar-refractivity contribution is 7.16. The van der Waals surface area contributed by atoms with Gasteiger partial charge in [0.2, 0.25) is 5.91 Å². The van der Waals surface area contributed by atoms with Gasteiger partial charge in [-0.1, -0.05) is 69.4 Å². The summed E-state index contributed by atoms with van der Waals surface area (Å²) in [6.45, 7) is 13.1. The first-order valence-corrected chi connectivity index (χ1v) is 15.3. The molecule has 0 saturated carbocycles. The van der Waals surface area contributed by atoms with Crippen LogP contribution in [0.25, 0.3) is 10.2 Å². The van der Waals surface area contributed by atoms with Gasteiger partial charge in [-0.2, -0.15) is 0 Å². The molecule has 0 unspecified atom stereocenters. The third kappa shape index (κ3) is 9.16. The molecule has 0 atom stereocenters. The summed E-state index contributed by atoms with van der Waals surface area (Å²) in [4.78, 5) is 29.8. The molecule has 0 saturated heterocycles. The molecule has 0 aliphatic rings. The Kier molecular flexibility index (Phi) is 12.6. The van der Waals surface area contributed by atoms with Gasteiger partial charge in [-0.3, -0.25) is 9.59 Å². The van der Waals surface area contributed by atoms with Gasteiger partial charge in [0.1, 0.15) is 11.3 Å². The molecule has 3 aromatic rings. The molecule has 0 radical (unpaired) electrons. The lowest BCUT2D eigenvalue weighted by molar-refractivity contribution is -0.135. The fourth-order valence-corrected chi connectivity index (χ4v) is 6.35. The Morgan fingerprint density at radius 2 is 1.60 bits per heavy atom. The molecule has 1 amide bonds. The molecule has 40 heavy (non-hydrogen) atoms. The number of carbonyl (C=O) groups is 1. The molecule has 8 nitrogen and oxygen atoms in total. The number of nitrogens with zero attached hydrogens (tertiary/aromatic N) is 1. The van der Waals surface area contributed by atoms with E-state index >= 15 is 0 Å². The van der Waals surface area contributed by atoms with Crippen molar-refractivity contribution in [2.75, 3.05) is 32.7 Å². The van der Waals surface area contributed by atoms with E-state index in [-0.39, 0.29) is 22.6 Å². The molecule has 0 spiro atoms. The first-order valence-electron chi connectivity index (χ1n) is 14.5. The minimum atomic E-state index is -0.166. The molecule has 2 aromatic carbocycles. The lowest BCUT2D eigenvalue weighted by Gasteiger charge is -2.37. The topological polar surface area (TPSA) is 123 Å². The highest BCUT2D eigenvalue weighted by Gasteiger charge is 2.28. The van der Waals surface area contributed by atoms with Gasteiger partial charge in [0.25, 0.3) is 0 Å². The first-order chi connectivity index (χ1) is 19.2. The van der Waals surface area contributed by atoms with Crippen molar-refractivity contribution in [2.24, 2.45) is 17.6 Å². The lowest BCUT2D eigenvalue weighted by Crippen LogP contribution is -2.49. The third-order valence-corrected chi connectivity index (χ3v) is 8.34. The zero-order valence-electron chi connectivity index (χ0n) is 24.5. The number of nitrogens with two attached hydrogens (primary N) is 1. The van der Waals surface area contributed by atoms with E-state index in [4.69, 9.17) is 5.73 Å². The van der Waals surface area contributed by atoms with Crippen LogP contribution < -0.4 is 21.2 Å². The van der Waals surface area contributed by atoms with E-state index < -0.39 is 0 Å². The van der Waals surface area contributed by atoms with Crippen LogP contribution in [0.2, 0.25) is 0 Å². The van der Waals surface area contributed by atoms with E-state index in [0.29, 0.717) is 43.4 Å². The van der Waals surface area contributed by atoms with Gasteiger partial charge in [0.15, 0.2) is 0 Å². The van der Waals surface area contributed by atoms with Crippen molar-refractivity contribution in [1.29, 1.82) is 0 Å². The van der Waals surface area contributed by atoms with Crippen LogP contribution in [0.1, 0.15) is 57.2 Å². The molecular formula is C31H47N5O3S. The molecule has 1 aromatic heterocycles. The predicted octanol–water partition coefficient (Wildman–Crippen LogP) is 4.01. The number of benzene rings is 2. The summed E-state index contributed by atoms with van der Waals surface area (Å²) in [7, 11) is 0. The number of nitrogens with one attached hydrogen (secondary N) is 3. The number of rotatable bonds is 17. The number of amides is 1. The zero-order valence-corrected chi connectivity index (χ0v) is 25.3. The molecule has 0 bridgehead atoms. The number of H-pyrrole nitrogens is 1. The Labute approximate surface area is 242 Å². The second-order valence-corrected chi connectivity index (χ2v) is 12.1. The molecule has 0 fully saturated rings. The van der Waals surface area contributed by atoms with E-state index in [9.17, 15) is 14.7 Å². The maximum absolute atomic E-state index is 13.4. The van der Waals surface area contributed by atoms with E-state index in [1.807, 2.05) is 6.07 Å². The highest BCUT2D eigenvalue weighted by Crippen LogP contribution is 2.28. The summed E-state index contributed by atoms with van der Waals surface area (Å²) in [5.74, 6) is 1.05. The van der Waals surface area contributed by atoms with Crippen LogP contribution in [0.3, 0.4) is 0 Å². The third-order valence-electron chi connectivity index (χ3n) is 7.38. The number of thiazole rings is 1. The van der Waals surface area contributed by atoms with Gasteiger partial charge >= 0.3 is 4.87 Å². The Bertz CT molecular complexity index is 1240. The highest BCUT2D eigenvalue weighted by atomic mass is 32.1. The smallest absolute Gasteiger partial charge is 0.305 e. The summed E-state index contributed by atoms with van der Waals surface area (Å²) >= 11 is 1.13. The van der Waals surface area contributed by atoms with Gasteiger partial charge in [-0.05, 0) is 73.5 Å². The molecule has 9 heteroatoms. The summed E-state index contributed by atoms with van der Waals surface area (Å²) in [5, 5.41) is 17.0. The zero-order chi connectivity index (χ0) is 29.1. The summed E-state index contributed by atoms with van der Waals surface area (Å²) < 4.78 is 0.807. The Morgan fingerprint density at radius 3 is 2.27 bits per heavy atom. The summed E-state index contributed by atoms with van der Waals surface area (Å²) in [5.41, 5.74) is 9.64. The summed E-state index contributed by atoms with van der Waals surface area (Å²) in [6.07, 6.45) is 3.04. The number of hydrogen-bond acceptors (Lipinski definition) is 7. The number of phenols is 1. The van der Waals surface area contributed by atoms with Crippen molar-refractivity contribution in [3.05, 3.63) is 62.8 Å². The molecule has 0 aliphatic heterocycles. The van der Waals surface area contributed by atoms with E-state index in [0.717, 1.165) is 66.1 Å². The molecule has 0 aliphatic carbocycles. The standard InChI is InChI=1S/C31H47N5O3S/c1-21(2)29(22(3)4)36(27(38)6-5-15-33-16-13-23-7-9-24(20-32)10-8-23)19-18-34-17-14-25-11-12-26(37)28-30(25)40-31(39)35-28/h7-12,21-22,29,33-34,37H,5-6,13-20,32H2,1-4H3,(H,35,39). The summed E-state index contributed by atoms with van der Waals surface area (Å²) in [6, 6.07) is 12.1. The van der Waals surface area contributed by atoms with E-state index in [1.54, 1.807) is 6.07 Å². The normalized spacial score (nSPS) is 11.8. The number of phenolic OH excluding ortho intramolecular Hbond substituents is 1. The molecule has 3 rings (SSSR count). The molecular weight excluding hydrogens is 522 g/mol. The first kappa shape index (κ1) is 31.8. The number of carbonyl (C=O) groups excluding carboxylic acids is 1. The van der Waals surface area contributed by atoms with Crippen LogP contribution in [-0.2, 0) is 24.2 Å². The number of hydrogen-bond donors (Lipinski definition) is 5. The van der Waals surface area contributed by atoms with Gasteiger partial charge < -0.3 is 31.4 Å². The number of aromatic hydroxyl groups is 1. The van der Waals surface area contributed by atoms with Crippen molar-refractivity contribution in [1.82, 2.24) is 20.5 Å². The number of aromatic nitrogens is 1. The SMILES string of the molecule is CC(C)C(C(C)C)N(CCNCCc1ccc(O)c2[nH]c(=O)sc12)C(=O)CCCNCCc1ccc(CN)cc1. The second kappa shape index (κ2) is 15.9. The van der Waals surface area contributed by atoms with Crippen molar-refractivity contribution in [3.63, 3.8) is 0 Å². The van der Waals surface area contributed by atoms with Crippen LogP contribution in [0.4, 0.5) is 0 Å². The van der Waals surface area contributed by atoms with Gasteiger partial charge in [0, 0.05) is 32.1 Å². The van der Waals surface area contributed by atoms with Crippen LogP contribution >= 0.6 is 11.3 Å². The monoisotopic (exact) mass is 569 g/mol. The minimum Gasteiger partial charge on any atom is -0.506 e. The average Bonchev–Trinajstić information content (AvgIpc) is 3.33. The fourth-order valence-electron chi connectivity index (χ4n) is 5.46. The molecule has 220 valence electrons. The van der Waals surface area contributed by atoms with Crippen LogP contribution in [0, 0.1) is 11.8 Å². The maximum atomic E-state index is 13.4. The Balaban J connectivity index is 1.45. The minimum absolute atomic E-state index is 0.0976. The fraction of sp³-hybridized carbons (Fsp3) is 0.548. The largest absolute Gasteiger partial charge is 0.506 e. The quantitative estimate of drug-likeness (QED) is 0.157. The van der Waals surface area contributed by atoms with Crippen LogP contribution in [-0.4, -0.2) is 59.7 Å². The van der Waals surface area contributed by atoms with Crippen molar-refractivity contribution in [2.45, 2.75) is 66.0 Å². The van der Waals surface area contributed by atoms with Crippen molar-refractivity contribution >= 4 is 27.5 Å². The van der Waals surface area contributed by atoms with Gasteiger partial charge in [0.05, 0.1) is 4.70 Å². The maximum Gasteiger partial charge on any atom is 0.305 e. The second-order valence-electron chi connectivity index (χ2n) is 11.2. The van der Waals surface area contributed by atoms with E-state index in [1.165, 1.54) is 5.56 Å². The lowest BCUT2D eigenvalue weighted by atomic mass is 9.91. The van der Waals surface area contributed by atoms with Crippen LogP contribution in [0.5, 0.6) is 5.75 Å². The average molecular weight is 570 g/mol.